The van der Waals surface area contributed by atoms with Crippen LogP contribution in [0.4, 0.5) is 5.82 Å². The molecular formula is C24H33Ac2N3O5. The van der Waals surface area contributed by atoms with E-state index in [1.165, 1.54) is 6.20 Å². The SMILES string of the molecule is C=C1CCC2[C@](C)(CO)C(O)CC[C@]2(C)[C@H]1CC(Nc1ccnc(=O)[nH]1)C1=CCOC1=O.[Ac].[Ac]. The summed E-state index contributed by atoms with van der Waals surface area (Å²) in [5.41, 5.74) is 0.451. The van der Waals surface area contributed by atoms with E-state index in [4.69, 9.17) is 4.74 Å². The average Bonchev–Trinajstić information content (AvgIpc) is 3.19. The van der Waals surface area contributed by atoms with E-state index in [0.717, 1.165) is 24.8 Å². The molecule has 2 aliphatic carbocycles. The second kappa shape index (κ2) is 12.3. The monoisotopic (exact) mass is 897 g/mol. The summed E-state index contributed by atoms with van der Waals surface area (Å²) < 4.78 is 5.18. The second-order valence-electron chi connectivity index (χ2n) is 10.0. The number of nitrogens with one attached hydrogen (secondary N) is 2. The third-order valence-corrected chi connectivity index (χ3v) is 8.30. The molecule has 2 saturated carbocycles. The van der Waals surface area contributed by atoms with Gasteiger partial charge in [-0.15, -0.1) is 0 Å². The Labute approximate surface area is 271 Å². The predicted octanol–water partition coefficient (Wildman–Crippen LogP) is 2.17. The van der Waals surface area contributed by atoms with Gasteiger partial charge in [0.15, 0.2) is 0 Å². The van der Waals surface area contributed by atoms with Crippen LogP contribution < -0.4 is 11.0 Å². The summed E-state index contributed by atoms with van der Waals surface area (Å²) in [5, 5.41) is 24.3. The molecule has 34 heavy (non-hydrogen) atoms. The molecule has 0 spiro atoms. The van der Waals surface area contributed by atoms with Crippen LogP contribution >= 0.6 is 0 Å². The topological polar surface area (TPSA) is 125 Å². The number of esters is 1. The molecule has 3 aliphatic rings. The van der Waals surface area contributed by atoms with Crippen molar-refractivity contribution in [1.82, 2.24) is 9.97 Å². The Kier molecular flexibility index (Phi) is 11.1. The minimum atomic E-state index is -0.573. The van der Waals surface area contributed by atoms with E-state index in [1.54, 1.807) is 12.1 Å². The smallest absolute Gasteiger partial charge is 0.346 e. The second-order valence-corrected chi connectivity index (χ2v) is 10.0. The summed E-state index contributed by atoms with van der Waals surface area (Å²) >= 11 is 0. The van der Waals surface area contributed by atoms with Gasteiger partial charge in [-0.25, -0.2) is 14.6 Å². The van der Waals surface area contributed by atoms with E-state index < -0.39 is 17.2 Å². The molecule has 2 heterocycles. The number of aliphatic hydroxyl groups is 2. The quantitative estimate of drug-likeness (QED) is 0.255. The van der Waals surface area contributed by atoms with Crippen LogP contribution in [0.3, 0.4) is 0 Å². The van der Waals surface area contributed by atoms with Crippen LogP contribution in [0.5, 0.6) is 0 Å². The van der Waals surface area contributed by atoms with Crippen molar-refractivity contribution in [1.29, 1.82) is 0 Å². The Bertz CT molecular complexity index is 999. The Hall–Kier alpha value is 0.433. The van der Waals surface area contributed by atoms with Gasteiger partial charge in [0.25, 0.3) is 0 Å². The molecule has 1 aliphatic heterocycles. The van der Waals surface area contributed by atoms with E-state index in [1.807, 2.05) is 6.92 Å². The zero-order valence-electron chi connectivity index (χ0n) is 19.9. The number of ether oxygens (including phenoxy) is 1. The fraction of sp³-hybridized carbons (Fsp3) is 0.625. The molecule has 0 bridgehead atoms. The van der Waals surface area contributed by atoms with Gasteiger partial charge in [-0.1, -0.05) is 26.0 Å². The van der Waals surface area contributed by atoms with Crippen molar-refractivity contribution >= 4 is 11.8 Å². The number of carbonyl (C=O) groups is 1. The number of cyclic esters (lactones) is 1. The fourth-order valence-corrected chi connectivity index (χ4v) is 6.43. The van der Waals surface area contributed by atoms with Gasteiger partial charge in [-0.05, 0) is 61.5 Å². The first kappa shape index (κ1) is 30.7. The van der Waals surface area contributed by atoms with Crippen LogP contribution in [0.25, 0.3) is 0 Å². The summed E-state index contributed by atoms with van der Waals surface area (Å²) in [4.78, 5) is 30.5. The molecule has 2 radical (unpaired) electrons. The molecule has 4 rings (SSSR count). The van der Waals surface area contributed by atoms with Crippen molar-refractivity contribution < 1.29 is 108 Å². The molecule has 3 unspecified atom stereocenters. The minimum Gasteiger partial charge on any atom is -0.458 e. The number of allylic oxidation sites excluding steroid dienone is 1. The van der Waals surface area contributed by atoms with E-state index in [9.17, 15) is 19.8 Å². The van der Waals surface area contributed by atoms with E-state index in [-0.39, 0.29) is 131 Å². The molecule has 2 fully saturated rings. The molecule has 6 atom stereocenters. The summed E-state index contributed by atoms with van der Waals surface area (Å²) in [5.74, 6) is 0.324. The summed E-state index contributed by atoms with van der Waals surface area (Å²) in [6.45, 7) is 8.78. The molecule has 10 heteroatoms. The number of aromatic amines is 1. The van der Waals surface area contributed by atoms with Gasteiger partial charge < -0.3 is 20.3 Å². The molecule has 1 aromatic heterocycles. The molecule has 0 aromatic carbocycles. The fourth-order valence-electron chi connectivity index (χ4n) is 6.43. The number of carbonyl (C=O) groups excluding carboxylic acids is 1. The number of H-pyrrole nitrogens is 1. The van der Waals surface area contributed by atoms with Crippen LogP contribution in [0.15, 0.2) is 40.9 Å². The largest absolute Gasteiger partial charge is 0.458 e. The standard InChI is InChI=1S/C24H33N3O5.2Ac/c1-14-4-5-18-23(2,9-6-19(29)24(18,3)13-28)16(14)12-17(15-8-11-32-21(15)30)26-20-7-10-25-22(31)27-20;;/h7-8,10,16-19,28-29H,1,4-6,9,11-13H2,2-3H3,(H2,25,26,27,31);;/t16-,17?,18?,19?,23+,24-;;/m0../s1. The van der Waals surface area contributed by atoms with Gasteiger partial charge in [0.2, 0.25) is 0 Å². The first-order valence-electron chi connectivity index (χ1n) is 11.3. The van der Waals surface area contributed by atoms with E-state index >= 15 is 0 Å². The predicted molar refractivity (Wildman–Crippen MR) is 120 cm³/mol. The van der Waals surface area contributed by atoms with Gasteiger partial charge >= 0.3 is 11.7 Å². The van der Waals surface area contributed by atoms with Crippen molar-refractivity contribution in [3.63, 3.8) is 0 Å². The third-order valence-electron chi connectivity index (χ3n) is 8.30. The summed E-state index contributed by atoms with van der Waals surface area (Å²) in [6, 6.07) is 1.28. The van der Waals surface area contributed by atoms with Crippen molar-refractivity contribution in [3.8, 4) is 0 Å². The maximum atomic E-state index is 12.4. The van der Waals surface area contributed by atoms with Gasteiger partial charge in [-0.2, -0.15) is 0 Å². The zero-order valence-corrected chi connectivity index (χ0v) is 29.4. The molecule has 180 valence electrons. The Balaban J connectivity index is 0.00000204. The number of fused-ring (bicyclic) bond motifs is 1. The van der Waals surface area contributed by atoms with Crippen LogP contribution in [0.1, 0.15) is 46.0 Å². The van der Waals surface area contributed by atoms with Crippen LogP contribution in [-0.2, 0) is 9.53 Å². The van der Waals surface area contributed by atoms with Crippen LogP contribution in [0, 0.1) is 111 Å². The van der Waals surface area contributed by atoms with Gasteiger partial charge in [0.05, 0.1) is 24.3 Å². The summed E-state index contributed by atoms with van der Waals surface area (Å²) in [6.07, 6.45) is 6.39. The molecule has 0 saturated heterocycles. The number of aliphatic hydroxyl groups excluding tert-OH is 2. The Morgan fingerprint density at radius 3 is 2.68 bits per heavy atom. The summed E-state index contributed by atoms with van der Waals surface area (Å²) in [7, 11) is 0. The van der Waals surface area contributed by atoms with Gasteiger partial charge in [-0.3, -0.25) is 4.98 Å². The number of rotatable bonds is 6. The zero-order chi connectivity index (χ0) is 23.1. The van der Waals surface area contributed by atoms with Crippen molar-refractivity contribution in [2.24, 2.45) is 22.7 Å². The normalized spacial score (nSPS) is 33.5. The number of nitrogens with zero attached hydrogens (tertiary/aromatic N) is 1. The van der Waals surface area contributed by atoms with E-state index in [2.05, 4.69) is 28.8 Å². The molecule has 8 nitrogen and oxygen atoms in total. The first-order valence-corrected chi connectivity index (χ1v) is 11.3. The molecule has 0 amide bonds. The Morgan fingerprint density at radius 1 is 1.32 bits per heavy atom. The van der Waals surface area contributed by atoms with Crippen LogP contribution in [-0.4, -0.2) is 51.5 Å². The number of aromatic nitrogens is 2. The van der Waals surface area contributed by atoms with Crippen molar-refractivity contribution in [3.05, 3.63) is 46.5 Å². The number of anilines is 1. The Morgan fingerprint density at radius 2 is 2.06 bits per heavy atom. The van der Waals surface area contributed by atoms with Crippen LogP contribution in [0.2, 0.25) is 0 Å². The molecular weight excluding hydrogens is 864 g/mol. The van der Waals surface area contributed by atoms with Gasteiger partial charge in [0.1, 0.15) is 12.4 Å². The number of hydrogen-bond donors (Lipinski definition) is 4. The maximum Gasteiger partial charge on any atom is 0.346 e. The molecule has 1 aromatic rings. The van der Waals surface area contributed by atoms with E-state index in [0.29, 0.717) is 24.2 Å². The van der Waals surface area contributed by atoms with Gasteiger partial charge in [0, 0.05) is 99.7 Å². The maximum absolute atomic E-state index is 12.4. The average molecular weight is 898 g/mol. The minimum absolute atomic E-state index is 0. The first-order chi connectivity index (χ1) is 15.2. The number of hydrogen-bond acceptors (Lipinski definition) is 7. The van der Waals surface area contributed by atoms with Crippen molar-refractivity contribution in [2.75, 3.05) is 18.5 Å². The van der Waals surface area contributed by atoms with Crippen molar-refractivity contribution in [2.45, 2.75) is 58.1 Å². The third kappa shape index (κ3) is 5.78. The molecule has 4 N–H and O–H groups in total.